The fourth-order valence-electron chi connectivity index (χ4n) is 2.36. The second-order valence-corrected chi connectivity index (χ2v) is 7.33. The molecule has 0 aliphatic carbocycles. The van der Waals surface area contributed by atoms with E-state index in [-0.39, 0.29) is 5.41 Å². The van der Waals surface area contributed by atoms with Crippen LogP contribution in [0, 0.1) is 0 Å². The van der Waals surface area contributed by atoms with Gasteiger partial charge in [0.25, 0.3) is 0 Å². The predicted molar refractivity (Wildman–Crippen MR) is 78.6 cm³/mol. The summed E-state index contributed by atoms with van der Waals surface area (Å²) in [6.45, 7) is 6.37. The fraction of sp³-hybridized carbons (Fsp3) is 0.533. The van der Waals surface area contributed by atoms with Gasteiger partial charge in [0.05, 0.1) is 0 Å². The average Bonchev–Trinajstić information content (AvgIpc) is 2.48. The van der Waals surface area contributed by atoms with E-state index in [4.69, 9.17) is 5.73 Å². The van der Waals surface area contributed by atoms with Crippen molar-refractivity contribution in [1.82, 2.24) is 0 Å². The maximum atomic E-state index is 11.6. The van der Waals surface area contributed by atoms with Crippen molar-refractivity contribution in [2.45, 2.75) is 49.5 Å². The molecule has 1 atom stereocenters. The van der Waals surface area contributed by atoms with Crippen LogP contribution in [-0.2, 0) is 15.7 Å². The topological polar surface area (TPSA) is 63.3 Å². The van der Waals surface area contributed by atoms with Gasteiger partial charge in [0.15, 0.2) is 0 Å². The third-order valence-electron chi connectivity index (χ3n) is 3.68. The molecule has 0 fully saturated rings. The Hall–Kier alpha value is -1.00. The Morgan fingerprint density at radius 2 is 2.11 bits per heavy atom. The SMILES string of the molecule is CC(C)(C)c1ccc2c(c1)C(N)(C(=O)O)CCCS2. The second kappa shape index (κ2) is 4.84. The number of carbonyl (C=O) groups is 1. The summed E-state index contributed by atoms with van der Waals surface area (Å²) in [6, 6.07) is 6.09. The highest BCUT2D eigenvalue weighted by Gasteiger charge is 2.39. The highest BCUT2D eigenvalue weighted by atomic mass is 32.2. The summed E-state index contributed by atoms with van der Waals surface area (Å²) in [5, 5.41) is 9.53. The number of nitrogens with two attached hydrogens (primary N) is 1. The van der Waals surface area contributed by atoms with Gasteiger partial charge in [-0.3, -0.25) is 0 Å². The van der Waals surface area contributed by atoms with E-state index in [2.05, 4.69) is 26.8 Å². The Morgan fingerprint density at radius 3 is 2.68 bits per heavy atom. The molecule has 0 amide bonds. The van der Waals surface area contributed by atoms with Crippen molar-refractivity contribution in [1.29, 1.82) is 0 Å². The van der Waals surface area contributed by atoms with Crippen LogP contribution < -0.4 is 5.73 Å². The van der Waals surface area contributed by atoms with E-state index in [9.17, 15) is 9.90 Å². The van der Waals surface area contributed by atoms with Gasteiger partial charge in [-0.15, -0.1) is 11.8 Å². The lowest BCUT2D eigenvalue weighted by molar-refractivity contribution is -0.144. The summed E-state index contributed by atoms with van der Waals surface area (Å²) in [5.74, 6) is -0.00372. The number of hydrogen-bond acceptors (Lipinski definition) is 3. The van der Waals surface area contributed by atoms with Crippen molar-refractivity contribution in [3.63, 3.8) is 0 Å². The highest BCUT2D eigenvalue weighted by Crippen LogP contribution is 2.39. The Balaban J connectivity index is 2.61. The van der Waals surface area contributed by atoms with Crippen molar-refractivity contribution in [2.24, 2.45) is 5.73 Å². The first-order valence-electron chi connectivity index (χ1n) is 6.55. The Kier molecular flexibility index (Phi) is 3.67. The smallest absolute Gasteiger partial charge is 0.328 e. The van der Waals surface area contributed by atoms with Crippen LogP contribution in [0.1, 0.15) is 44.7 Å². The number of thioether (sulfide) groups is 1. The quantitative estimate of drug-likeness (QED) is 0.829. The monoisotopic (exact) mass is 279 g/mol. The molecule has 0 radical (unpaired) electrons. The van der Waals surface area contributed by atoms with Crippen molar-refractivity contribution < 1.29 is 9.90 Å². The number of aliphatic carboxylic acids is 1. The summed E-state index contributed by atoms with van der Waals surface area (Å²) in [6.07, 6.45) is 1.32. The number of rotatable bonds is 1. The minimum absolute atomic E-state index is 0.00852. The molecule has 1 aromatic rings. The zero-order chi connectivity index (χ0) is 14.3. The van der Waals surface area contributed by atoms with Gasteiger partial charge in [0, 0.05) is 4.90 Å². The molecule has 1 heterocycles. The number of fused-ring (bicyclic) bond motifs is 1. The van der Waals surface area contributed by atoms with Crippen molar-refractivity contribution in [3.8, 4) is 0 Å². The fourth-order valence-corrected chi connectivity index (χ4v) is 3.43. The Bertz CT molecular complexity index is 507. The van der Waals surface area contributed by atoms with E-state index in [1.165, 1.54) is 0 Å². The average molecular weight is 279 g/mol. The first-order chi connectivity index (χ1) is 8.75. The van der Waals surface area contributed by atoms with Crippen LogP contribution in [0.5, 0.6) is 0 Å². The number of hydrogen-bond donors (Lipinski definition) is 2. The van der Waals surface area contributed by atoms with Crippen molar-refractivity contribution >= 4 is 17.7 Å². The maximum Gasteiger partial charge on any atom is 0.328 e. The first-order valence-corrected chi connectivity index (χ1v) is 7.54. The Morgan fingerprint density at radius 1 is 1.42 bits per heavy atom. The van der Waals surface area contributed by atoms with Crippen LogP contribution in [-0.4, -0.2) is 16.8 Å². The molecular weight excluding hydrogens is 258 g/mol. The van der Waals surface area contributed by atoms with E-state index < -0.39 is 11.5 Å². The lowest BCUT2D eigenvalue weighted by Gasteiger charge is -2.28. The van der Waals surface area contributed by atoms with Crippen LogP contribution in [0.15, 0.2) is 23.1 Å². The van der Waals surface area contributed by atoms with E-state index in [1.807, 2.05) is 12.1 Å². The van der Waals surface area contributed by atoms with Crippen LogP contribution in [0.3, 0.4) is 0 Å². The van der Waals surface area contributed by atoms with E-state index >= 15 is 0 Å². The first kappa shape index (κ1) is 14.4. The van der Waals surface area contributed by atoms with Gasteiger partial charge in [-0.05, 0) is 41.2 Å². The molecule has 0 saturated carbocycles. The summed E-state index contributed by atoms with van der Waals surface area (Å²) in [4.78, 5) is 12.6. The van der Waals surface area contributed by atoms with Crippen LogP contribution >= 0.6 is 11.8 Å². The molecule has 0 saturated heterocycles. The minimum atomic E-state index is -1.25. The molecule has 1 aliphatic rings. The number of carboxylic acid groups (broad SMARTS) is 1. The molecule has 4 heteroatoms. The largest absolute Gasteiger partial charge is 0.480 e. The summed E-state index contributed by atoms with van der Waals surface area (Å²) >= 11 is 1.71. The normalized spacial score (nSPS) is 23.6. The molecule has 0 aromatic heterocycles. The van der Waals surface area contributed by atoms with E-state index in [0.29, 0.717) is 6.42 Å². The molecule has 1 aromatic carbocycles. The van der Waals surface area contributed by atoms with E-state index in [0.717, 1.165) is 28.2 Å². The number of benzene rings is 1. The molecule has 19 heavy (non-hydrogen) atoms. The maximum absolute atomic E-state index is 11.6. The van der Waals surface area contributed by atoms with Gasteiger partial charge < -0.3 is 10.8 Å². The number of carboxylic acids is 1. The van der Waals surface area contributed by atoms with Crippen molar-refractivity contribution in [2.75, 3.05) is 5.75 Å². The van der Waals surface area contributed by atoms with Crippen molar-refractivity contribution in [3.05, 3.63) is 29.3 Å². The summed E-state index contributed by atoms with van der Waals surface area (Å²) in [5.41, 5.74) is 6.86. The van der Waals surface area contributed by atoms with Gasteiger partial charge in [0.2, 0.25) is 0 Å². The van der Waals surface area contributed by atoms with Crippen LogP contribution in [0.2, 0.25) is 0 Å². The molecule has 1 unspecified atom stereocenters. The standard InChI is InChI=1S/C15H21NO2S/c1-14(2,3)10-5-6-12-11(9-10)15(16,13(17)18)7-4-8-19-12/h5-6,9H,4,7-8,16H2,1-3H3,(H,17,18). The lowest BCUT2D eigenvalue weighted by atomic mass is 9.81. The molecule has 2 rings (SSSR count). The van der Waals surface area contributed by atoms with Gasteiger partial charge in [-0.25, -0.2) is 4.79 Å². The molecular formula is C15H21NO2S. The van der Waals surface area contributed by atoms with Gasteiger partial charge >= 0.3 is 5.97 Å². The predicted octanol–water partition coefficient (Wildman–Crippen LogP) is 3.11. The molecule has 1 aliphatic heterocycles. The molecule has 104 valence electrons. The Labute approximate surface area is 118 Å². The molecule has 0 bridgehead atoms. The highest BCUT2D eigenvalue weighted by molar-refractivity contribution is 7.99. The zero-order valence-electron chi connectivity index (χ0n) is 11.7. The van der Waals surface area contributed by atoms with Crippen LogP contribution in [0.4, 0.5) is 0 Å². The van der Waals surface area contributed by atoms with Gasteiger partial charge in [-0.1, -0.05) is 32.9 Å². The third-order valence-corrected chi connectivity index (χ3v) is 4.84. The summed E-state index contributed by atoms with van der Waals surface area (Å²) in [7, 11) is 0. The van der Waals surface area contributed by atoms with Gasteiger partial charge in [0.1, 0.15) is 5.54 Å². The van der Waals surface area contributed by atoms with E-state index in [1.54, 1.807) is 11.8 Å². The minimum Gasteiger partial charge on any atom is -0.480 e. The second-order valence-electron chi connectivity index (χ2n) is 6.19. The zero-order valence-corrected chi connectivity index (χ0v) is 12.5. The lowest BCUT2D eigenvalue weighted by Crippen LogP contribution is -2.45. The molecule has 0 spiro atoms. The summed E-state index contributed by atoms with van der Waals surface area (Å²) < 4.78 is 0. The molecule has 3 nitrogen and oxygen atoms in total. The van der Waals surface area contributed by atoms with Gasteiger partial charge in [-0.2, -0.15) is 0 Å². The third kappa shape index (κ3) is 2.65. The van der Waals surface area contributed by atoms with Crippen LogP contribution in [0.25, 0.3) is 0 Å². The molecule has 3 N–H and O–H groups in total.